The summed E-state index contributed by atoms with van der Waals surface area (Å²) in [6, 6.07) is 8.45. The molecule has 0 aliphatic carbocycles. The number of rotatable bonds is 31. The zero-order chi connectivity index (χ0) is 52.7. The second-order valence-corrected chi connectivity index (χ2v) is 21.7. The summed E-state index contributed by atoms with van der Waals surface area (Å²) in [5, 5.41) is 0.459. The first-order valence-electron chi connectivity index (χ1n) is 23.1. The maximum absolute atomic E-state index is 12.4. The van der Waals surface area contributed by atoms with Crippen LogP contribution in [-0.2, 0) is 88.8 Å². The Morgan fingerprint density at radius 2 is 1.28 bits per heavy atom. The summed E-state index contributed by atoms with van der Waals surface area (Å²) in [6.07, 6.45) is 8.98. The van der Waals surface area contributed by atoms with E-state index in [4.69, 9.17) is 33.3 Å². The number of ether oxygens (including phenoxy) is 6. The Bertz CT molecular complexity index is 2720. The van der Waals surface area contributed by atoms with E-state index in [1.165, 1.54) is 31.4 Å². The van der Waals surface area contributed by atoms with Crippen molar-refractivity contribution >= 4 is 65.2 Å². The quantitative estimate of drug-likeness (QED) is 0.0319. The zero-order valence-electron chi connectivity index (χ0n) is 40.7. The van der Waals surface area contributed by atoms with Gasteiger partial charge >= 0.3 is 5.97 Å². The van der Waals surface area contributed by atoms with Gasteiger partial charge in [-0.2, -0.15) is 29.8 Å². The van der Waals surface area contributed by atoms with Crippen molar-refractivity contribution < 1.29 is 91.1 Å². The first-order chi connectivity index (χ1) is 34.0. The number of hydroxylamine groups is 2. The van der Waals surface area contributed by atoms with E-state index in [0.29, 0.717) is 71.8 Å². The molecule has 398 valence electrons. The van der Waals surface area contributed by atoms with E-state index in [1.54, 1.807) is 43.5 Å². The van der Waals surface area contributed by atoms with E-state index in [-0.39, 0.29) is 94.6 Å². The molecule has 2 aromatic rings. The van der Waals surface area contributed by atoms with Crippen LogP contribution in [0.2, 0.25) is 0 Å². The van der Waals surface area contributed by atoms with E-state index >= 15 is 0 Å². The van der Waals surface area contributed by atoms with Crippen molar-refractivity contribution in [3.05, 3.63) is 83.6 Å². The average molecular weight is 1070 g/mol. The molecule has 1 fully saturated rings. The minimum absolute atomic E-state index is 0.00875. The predicted octanol–water partition coefficient (Wildman–Crippen LogP) is 3.73. The van der Waals surface area contributed by atoms with Crippen molar-refractivity contribution in [1.82, 2.24) is 5.06 Å². The summed E-state index contributed by atoms with van der Waals surface area (Å²) in [4.78, 5) is 42.3. The molecule has 1 saturated heterocycles. The van der Waals surface area contributed by atoms with Gasteiger partial charge in [-0.1, -0.05) is 18.2 Å². The van der Waals surface area contributed by atoms with Crippen LogP contribution in [0.15, 0.2) is 82.3 Å². The van der Waals surface area contributed by atoms with Crippen LogP contribution < -0.4 is 4.90 Å². The van der Waals surface area contributed by atoms with Crippen LogP contribution in [-0.4, -0.2) is 171 Å². The topological polar surface area (TPSA) is 288 Å². The van der Waals surface area contributed by atoms with Crippen LogP contribution in [0, 0.1) is 0 Å². The second kappa shape index (κ2) is 25.9. The standard InChI is InChI=1S/C47H63N3O19S3/c1-46(18-8-32-70(54,55)56)37-33-35(71(57,58)59)11-13-39(37)48(21-25-66-28-29-68-31-30-67-27-26-64-4)41(46)9-6-5-7-10-42-47(2,19-23-63-3)38-34-36(72(60,61)62)12-14-40(38)49(42)20-24-65-22-17-45(53)69-50-43(51)15-16-44(50)52/h5-7,9-14,33-34H,8,15-32H2,1-4H3,(H2-,54,55,56,57,58,59,60,61,62)/p+1. The lowest BCUT2D eigenvalue weighted by molar-refractivity contribution is -0.442. The molecule has 0 bridgehead atoms. The highest BCUT2D eigenvalue weighted by Crippen LogP contribution is 2.51. The molecule has 5 rings (SSSR count). The van der Waals surface area contributed by atoms with Gasteiger partial charge in [0.25, 0.3) is 42.2 Å². The fourth-order valence-corrected chi connectivity index (χ4v) is 10.2. The first-order valence-corrected chi connectivity index (χ1v) is 27.6. The molecule has 0 radical (unpaired) electrons. The molecule has 3 heterocycles. The summed E-state index contributed by atoms with van der Waals surface area (Å²) in [5.74, 6) is -2.61. The zero-order valence-corrected chi connectivity index (χ0v) is 43.2. The van der Waals surface area contributed by atoms with Gasteiger partial charge in [-0.05, 0) is 75.1 Å². The molecule has 0 saturated carbocycles. The lowest BCUT2D eigenvalue weighted by Crippen LogP contribution is -2.33. The average Bonchev–Trinajstić information content (AvgIpc) is 3.84. The highest BCUT2D eigenvalue weighted by Gasteiger charge is 2.48. The molecule has 2 unspecified atom stereocenters. The lowest BCUT2D eigenvalue weighted by atomic mass is 9.76. The summed E-state index contributed by atoms with van der Waals surface area (Å²) in [7, 11) is -10.5. The summed E-state index contributed by atoms with van der Waals surface area (Å²) in [5.41, 5.74) is 1.64. The van der Waals surface area contributed by atoms with Crippen LogP contribution >= 0.6 is 0 Å². The molecular weight excluding hydrogens is 1010 g/mol. The normalized spacial score (nSPS) is 20.0. The maximum Gasteiger partial charge on any atom is 0.335 e. The largest absolute Gasteiger partial charge is 0.385 e. The highest BCUT2D eigenvalue weighted by molar-refractivity contribution is 7.86. The van der Waals surface area contributed by atoms with Gasteiger partial charge in [0.2, 0.25) is 5.69 Å². The molecule has 22 nitrogen and oxygen atoms in total. The van der Waals surface area contributed by atoms with E-state index < -0.39 is 64.7 Å². The van der Waals surface area contributed by atoms with Crippen molar-refractivity contribution in [2.75, 3.05) is 104 Å². The fraction of sp³-hybridized carbons (Fsp3) is 0.532. The minimum atomic E-state index is -4.65. The third-order valence-electron chi connectivity index (χ3n) is 12.4. The fourth-order valence-electron chi connectivity index (χ4n) is 8.72. The summed E-state index contributed by atoms with van der Waals surface area (Å²) >= 11 is 0. The van der Waals surface area contributed by atoms with Gasteiger partial charge in [-0.3, -0.25) is 23.2 Å². The van der Waals surface area contributed by atoms with E-state index in [0.717, 1.165) is 0 Å². The van der Waals surface area contributed by atoms with E-state index in [2.05, 4.69) is 0 Å². The molecule has 0 aromatic heterocycles. The number of carbonyl (C=O) groups is 3. The molecule has 2 amide bonds. The second-order valence-electron chi connectivity index (χ2n) is 17.3. The number of anilines is 1. The van der Waals surface area contributed by atoms with Gasteiger partial charge in [-0.15, -0.1) is 5.06 Å². The van der Waals surface area contributed by atoms with Crippen molar-refractivity contribution in [3.63, 3.8) is 0 Å². The van der Waals surface area contributed by atoms with Crippen molar-refractivity contribution in [2.45, 2.75) is 73.0 Å². The van der Waals surface area contributed by atoms with Crippen LogP contribution in [0.25, 0.3) is 0 Å². The molecule has 3 N–H and O–H groups in total. The van der Waals surface area contributed by atoms with Gasteiger partial charge in [0.05, 0.1) is 80.2 Å². The Kier molecular flexibility index (Phi) is 20.9. The number of imide groups is 1. The Balaban J connectivity index is 1.45. The van der Waals surface area contributed by atoms with Crippen LogP contribution in [0.5, 0.6) is 0 Å². The summed E-state index contributed by atoms with van der Waals surface area (Å²) < 4.78 is 138. The summed E-state index contributed by atoms with van der Waals surface area (Å²) in [6.45, 7) is 6.76. The smallest absolute Gasteiger partial charge is 0.335 e. The molecule has 72 heavy (non-hydrogen) atoms. The van der Waals surface area contributed by atoms with Crippen molar-refractivity contribution in [1.29, 1.82) is 0 Å². The number of allylic oxidation sites excluding steroid dienone is 6. The molecular formula is C47H64N3O19S3+. The minimum Gasteiger partial charge on any atom is -0.385 e. The third-order valence-corrected chi connectivity index (χ3v) is 14.9. The van der Waals surface area contributed by atoms with E-state index in [1.807, 2.05) is 29.4 Å². The van der Waals surface area contributed by atoms with Crippen molar-refractivity contribution in [2.24, 2.45) is 0 Å². The maximum atomic E-state index is 12.4. The number of nitrogens with zero attached hydrogens (tertiary/aromatic N) is 3. The molecule has 3 aliphatic rings. The number of carbonyl (C=O) groups excluding carboxylic acids is 3. The SMILES string of the molecule is COCCOCCOCCOCC[N+]1=C(/C=C/C=C/C=C2/N(CCOCCC(=O)ON3C(=O)CCC3=O)c3ccc(S(=O)(=O)O)cc3C2(C)CCOC)C(C)(CCCS(=O)(=O)O)c2cc(S(=O)(=O)O)ccc21. The molecule has 3 aliphatic heterocycles. The van der Waals surface area contributed by atoms with Gasteiger partial charge < -0.3 is 38.2 Å². The number of methoxy groups -OCH3 is 2. The molecule has 25 heteroatoms. The van der Waals surface area contributed by atoms with Crippen LogP contribution in [0.1, 0.15) is 63.5 Å². The number of benzene rings is 2. The molecule has 2 atom stereocenters. The number of hydrogen-bond donors (Lipinski definition) is 3. The Labute approximate surface area is 420 Å². The van der Waals surface area contributed by atoms with Gasteiger partial charge in [0.15, 0.2) is 12.3 Å². The van der Waals surface area contributed by atoms with Crippen LogP contribution in [0.3, 0.4) is 0 Å². The van der Waals surface area contributed by atoms with Gasteiger partial charge in [0, 0.05) is 74.7 Å². The third kappa shape index (κ3) is 15.4. The molecule has 2 aromatic carbocycles. The Morgan fingerprint density at radius 1 is 0.694 bits per heavy atom. The lowest BCUT2D eigenvalue weighted by Gasteiger charge is -2.30. The van der Waals surface area contributed by atoms with Crippen LogP contribution in [0.4, 0.5) is 11.4 Å². The van der Waals surface area contributed by atoms with Gasteiger partial charge in [-0.25, -0.2) is 4.79 Å². The first kappa shape index (κ1) is 58.1. The Morgan fingerprint density at radius 3 is 1.89 bits per heavy atom. The number of hydrogen-bond acceptors (Lipinski definition) is 17. The van der Waals surface area contributed by atoms with Gasteiger partial charge in [0.1, 0.15) is 6.61 Å². The number of fused-ring (bicyclic) bond motifs is 2. The highest BCUT2D eigenvalue weighted by atomic mass is 32.2. The predicted molar refractivity (Wildman–Crippen MR) is 260 cm³/mol. The van der Waals surface area contributed by atoms with E-state index in [9.17, 15) is 53.3 Å². The monoisotopic (exact) mass is 1070 g/mol. The van der Waals surface area contributed by atoms with Crippen molar-refractivity contribution in [3.8, 4) is 0 Å². The number of amides is 2. The molecule has 0 spiro atoms. The Hall–Kier alpha value is -4.77.